The Morgan fingerprint density at radius 1 is 1.43 bits per heavy atom. The molecule has 0 bridgehead atoms. The van der Waals surface area contributed by atoms with E-state index in [0.717, 1.165) is 25.9 Å². The topological polar surface area (TPSA) is 71.3 Å². The van der Waals surface area contributed by atoms with Crippen LogP contribution >= 0.6 is 0 Å². The number of benzene rings is 1. The fourth-order valence-corrected chi connectivity index (χ4v) is 2.96. The summed E-state index contributed by atoms with van der Waals surface area (Å²) in [5.74, 6) is 0. The van der Waals surface area contributed by atoms with Crippen molar-refractivity contribution >= 4 is 22.3 Å². The number of nitrogens with zero attached hydrogens (tertiary/aromatic N) is 3. The fraction of sp³-hybridized carbons (Fsp3) is 0.400. The molecule has 1 aromatic heterocycles. The number of fused-ring (bicyclic) bond motifs is 1. The summed E-state index contributed by atoms with van der Waals surface area (Å²) in [5, 5.41) is 15.5. The van der Waals surface area contributed by atoms with Gasteiger partial charge in [0, 0.05) is 25.8 Å². The molecule has 1 aliphatic rings. The first-order valence-corrected chi connectivity index (χ1v) is 7.14. The third-order valence-electron chi connectivity index (χ3n) is 4.12. The van der Waals surface area contributed by atoms with Crippen LogP contribution in [0.4, 0.5) is 11.4 Å². The van der Waals surface area contributed by atoms with Gasteiger partial charge in [0.15, 0.2) is 0 Å². The number of anilines is 1. The Balaban J connectivity index is 2.08. The first-order chi connectivity index (χ1) is 10.2. The van der Waals surface area contributed by atoms with Crippen LogP contribution in [0, 0.1) is 10.1 Å². The zero-order valence-corrected chi connectivity index (χ0v) is 12.0. The minimum Gasteiger partial charge on any atom is -0.365 e. The molecule has 21 heavy (non-hydrogen) atoms. The number of aromatic nitrogens is 1. The molecular formula is C15H18N4O2. The Morgan fingerprint density at radius 2 is 2.29 bits per heavy atom. The number of piperidine rings is 1. The highest BCUT2D eigenvalue weighted by Gasteiger charge is 2.26. The van der Waals surface area contributed by atoms with Gasteiger partial charge < -0.3 is 10.2 Å². The predicted molar refractivity (Wildman–Crippen MR) is 82.7 cm³/mol. The van der Waals surface area contributed by atoms with E-state index in [9.17, 15) is 10.1 Å². The highest BCUT2D eigenvalue weighted by atomic mass is 16.6. The highest BCUT2D eigenvalue weighted by molar-refractivity contribution is 5.94. The maximum Gasteiger partial charge on any atom is 0.301 e. The molecule has 6 heteroatoms. The van der Waals surface area contributed by atoms with E-state index in [0.29, 0.717) is 16.6 Å². The molecule has 0 saturated carbocycles. The van der Waals surface area contributed by atoms with Gasteiger partial charge in [-0.05, 0) is 43.7 Å². The van der Waals surface area contributed by atoms with E-state index in [-0.39, 0.29) is 16.7 Å². The number of nitro groups is 1. The molecule has 6 nitrogen and oxygen atoms in total. The van der Waals surface area contributed by atoms with Crippen molar-refractivity contribution in [3.05, 3.63) is 40.6 Å². The van der Waals surface area contributed by atoms with Crippen molar-refractivity contribution in [1.82, 2.24) is 10.3 Å². The molecule has 2 heterocycles. The maximum absolute atomic E-state index is 11.6. The van der Waals surface area contributed by atoms with Gasteiger partial charge in [-0.15, -0.1) is 0 Å². The van der Waals surface area contributed by atoms with Crippen molar-refractivity contribution in [1.29, 1.82) is 0 Å². The van der Waals surface area contributed by atoms with Crippen LogP contribution in [0.25, 0.3) is 10.9 Å². The lowest BCUT2D eigenvalue weighted by atomic mass is 10.0. The summed E-state index contributed by atoms with van der Waals surface area (Å²) < 4.78 is 0. The second-order valence-electron chi connectivity index (χ2n) is 5.37. The first kappa shape index (κ1) is 13.8. The lowest BCUT2D eigenvalue weighted by molar-refractivity contribution is -0.382. The number of rotatable bonds is 3. The molecule has 3 rings (SSSR count). The quantitative estimate of drug-likeness (QED) is 0.692. The van der Waals surface area contributed by atoms with Gasteiger partial charge in [0.25, 0.3) is 0 Å². The van der Waals surface area contributed by atoms with Crippen LogP contribution in [0.2, 0.25) is 0 Å². The molecule has 1 aliphatic heterocycles. The molecular weight excluding hydrogens is 268 g/mol. The molecule has 1 N–H and O–H groups in total. The lowest BCUT2D eigenvalue weighted by Gasteiger charge is -2.33. The van der Waals surface area contributed by atoms with Gasteiger partial charge >= 0.3 is 5.69 Å². The smallest absolute Gasteiger partial charge is 0.301 e. The van der Waals surface area contributed by atoms with Crippen molar-refractivity contribution in [2.24, 2.45) is 0 Å². The summed E-state index contributed by atoms with van der Waals surface area (Å²) in [6.45, 7) is 1.88. The summed E-state index contributed by atoms with van der Waals surface area (Å²) in [7, 11) is 1.93. The van der Waals surface area contributed by atoms with Crippen LogP contribution < -0.4 is 10.2 Å². The monoisotopic (exact) mass is 286 g/mol. The number of hydrogen-bond donors (Lipinski definition) is 1. The molecule has 1 aromatic carbocycles. The second-order valence-corrected chi connectivity index (χ2v) is 5.37. The molecule has 1 fully saturated rings. The van der Waals surface area contributed by atoms with Gasteiger partial charge in [0.2, 0.25) is 0 Å². The van der Waals surface area contributed by atoms with E-state index in [1.807, 2.05) is 24.1 Å². The van der Waals surface area contributed by atoms with E-state index in [1.54, 1.807) is 18.3 Å². The van der Waals surface area contributed by atoms with E-state index < -0.39 is 0 Å². The molecule has 0 amide bonds. The molecule has 1 unspecified atom stereocenters. The number of hydrogen-bond acceptors (Lipinski definition) is 5. The molecule has 110 valence electrons. The molecule has 0 aliphatic carbocycles. The van der Waals surface area contributed by atoms with E-state index in [4.69, 9.17) is 0 Å². The van der Waals surface area contributed by atoms with Crippen LogP contribution in [0.3, 0.4) is 0 Å². The van der Waals surface area contributed by atoms with Crippen molar-refractivity contribution in [2.75, 3.05) is 25.0 Å². The minimum absolute atomic E-state index is 0.147. The lowest BCUT2D eigenvalue weighted by Crippen LogP contribution is -2.44. The third kappa shape index (κ3) is 2.54. The van der Waals surface area contributed by atoms with E-state index in [2.05, 4.69) is 10.3 Å². The summed E-state index contributed by atoms with van der Waals surface area (Å²) in [6, 6.07) is 7.44. The van der Waals surface area contributed by atoms with Gasteiger partial charge in [-0.3, -0.25) is 15.1 Å². The van der Waals surface area contributed by atoms with Crippen LogP contribution in [-0.2, 0) is 0 Å². The van der Waals surface area contributed by atoms with Gasteiger partial charge in [0.1, 0.15) is 5.69 Å². The van der Waals surface area contributed by atoms with E-state index >= 15 is 0 Å². The number of pyridine rings is 1. The van der Waals surface area contributed by atoms with Gasteiger partial charge in [-0.2, -0.15) is 0 Å². The van der Waals surface area contributed by atoms with Gasteiger partial charge in [-0.1, -0.05) is 0 Å². The minimum atomic E-state index is -0.300. The summed E-state index contributed by atoms with van der Waals surface area (Å²) in [6.07, 6.45) is 3.80. The van der Waals surface area contributed by atoms with Gasteiger partial charge in [0.05, 0.1) is 15.8 Å². The maximum atomic E-state index is 11.6. The SMILES string of the molecule is CN(c1ccc2ncccc2c1[N+](=O)[O-])C1CCCNC1. The largest absolute Gasteiger partial charge is 0.365 e. The van der Waals surface area contributed by atoms with Crippen molar-refractivity contribution in [3.8, 4) is 0 Å². The molecule has 0 spiro atoms. The Labute approximate surface area is 122 Å². The standard InChI is InChI=1S/C15H18N4O2/c1-18(11-4-2-8-16-10-11)14-7-6-13-12(5-3-9-17-13)15(14)19(20)21/h3,5-7,9,11,16H,2,4,8,10H2,1H3. The Hall–Kier alpha value is -2.21. The molecule has 0 radical (unpaired) electrons. The normalized spacial score (nSPS) is 18.6. The Morgan fingerprint density at radius 3 is 3.00 bits per heavy atom. The Kier molecular flexibility index (Phi) is 3.70. The van der Waals surface area contributed by atoms with Crippen LogP contribution in [0.15, 0.2) is 30.5 Å². The van der Waals surface area contributed by atoms with Crippen LogP contribution in [-0.4, -0.2) is 36.1 Å². The second kappa shape index (κ2) is 5.65. The van der Waals surface area contributed by atoms with Crippen molar-refractivity contribution in [3.63, 3.8) is 0 Å². The number of nitro benzene ring substituents is 1. The molecule has 2 aromatic rings. The summed E-state index contributed by atoms with van der Waals surface area (Å²) in [5.41, 5.74) is 1.46. The number of nitrogens with one attached hydrogen (secondary N) is 1. The number of likely N-dealkylation sites (N-methyl/N-ethyl adjacent to an activating group) is 1. The molecule has 1 atom stereocenters. The van der Waals surface area contributed by atoms with Gasteiger partial charge in [-0.25, -0.2) is 0 Å². The highest BCUT2D eigenvalue weighted by Crippen LogP contribution is 2.35. The fourth-order valence-electron chi connectivity index (χ4n) is 2.96. The van der Waals surface area contributed by atoms with Crippen LogP contribution in [0.1, 0.15) is 12.8 Å². The summed E-state index contributed by atoms with van der Waals surface area (Å²) in [4.78, 5) is 17.5. The first-order valence-electron chi connectivity index (χ1n) is 7.14. The average molecular weight is 286 g/mol. The Bertz CT molecular complexity index is 668. The van der Waals surface area contributed by atoms with Crippen molar-refractivity contribution in [2.45, 2.75) is 18.9 Å². The van der Waals surface area contributed by atoms with Crippen LogP contribution in [0.5, 0.6) is 0 Å². The average Bonchev–Trinajstić information content (AvgIpc) is 2.53. The molecule has 1 saturated heterocycles. The zero-order valence-electron chi connectivity index (χ0n) is 12.0. The van der Waals surface area contributed by atoms with Crippen molar-refractivity contribution < 1.29 is 4.92 Å². The third-order valence-corrected chi connectivity index (χ3v) is 4.12. The summed E-state index contributed by atoms with van der Waals surface area (Å²) >= 11 is 0. The predicted octanol–water partition coefficient (Wildman–Crippen LogP) is 2.33. The zero-order chi connectivity index (χ0) is 14.8. The van der Waals surface area contributed by atoms with E-state index in [1.165, 1.54) is 0 Å².